The van der Waals surface area contributed by atoms with Crippen LogP contribution in [0.5, 0.6) is 11.5 Å². The summed E-state index contributed by atoms with van der Waals surface area (Å²) in [7, 11) is 0. The van der Waals surface area contributed by atoms with Crippen LogP contribution < -0.4 is 9.64 Å². The number of anilines is 3. The molecule has 1 spiro atoms. The molecule has 0 fully saturated rings. The molecule has 4 heteroatoms. The minimum absolute atomic E-state index is 0.593. The average Bonchev–Trinajstić information content (AvgIpc) is 3.88. The van der Waals surface area contributed by atoms with Crippen LogP contribution in [-0.2, 0) is 5.41 Å². The number of aromatic nitrogens is 1. The first-order valence-corrected chi connectivity index (χ1v) is 22.4. The van der Waals surface area contributed by atoms with E-state index in [1.807, 2.05) is 11.3 Å². The van der Waals surface area contributed by atoms with Crippen LogP contribution in [0.3, 0.4) is 0 Å². The number of para-hydroxylation sites is 3. The summed E-state index contributed by atoms with van der Waals surface area (Å²) in [5.74, 6) is 1.73. The zero-order chi connectivity index (χ0) is 41.2. The van der Waals surface area contributed by atoms with Gasteiger partial charge >= 0.3 is 0 Å². The van der Waals surface area contributed by atoms with Crippen molar-refractivity contribution < 1.29 is 4.74 Å². The van der Waals surface area contributed by atoms with Gasteiger partial charge in [-0.3, -0.25) is 0 Å². The summed E-state index contributed by atoms with van der Waals surface area (Å²) in [5.41, 5.74) is 13.5. The van der Waals surface area contributed by atoms with Gasteiger partial charge in [0.15, 0.2) is 0 Å². The number of ether oxygens (including phenoxy) is 1. The van der Waals surface area contributed by atoms with Crippen LogP contribution in [0.25, 0.3) is 69.6 Å². The summed E-state index contributed by atoms with van der Waals surface area (Å²) < 4.78 is 12.1. The fourth-order valence-electron chi connectivity index (χ4n) is 11.1. The Bertz CT molecular complexity index is 3860. The highest BCUT2D eigenvalue weighted by Crippen LogP contribution is 2.61. The van der Waals surface area contributed by atoms with Crippen LogP contribution in [0.15, 0.2) is 218 Å². The molecule has 1 aliphatic heterocycles. The van der Waals surface area contributed by atoms with Crippen LogP contribution in [0.4, 0.5) is 17.1 Å². The lowest BCUT2D eigenvalue weighted by Crippen LogP contribution is -2.36. The molecule has 0 radical (unpaired) electrons. The van der Waals surface area contributed by atoms with Gasteiger partial charge in [-0.2, -0.15) is 0 Å². The maximum Gasteiger partial charge on any atom is 0.134 e. The van der Waals surface area contributed by atoms with Gasteiger partial charge in [0.2, 0.25) is 0 Å². The van der Waals surface area contributed by atoms with Gasteiger partial charge in [0.25, 0.3) is 0 Å². The molecule has 10 aromatic carbocycles. The second kappa shape index (κ2) is 13.0. The number of hydrogen-bond acceptors (Lipinski definition) is 3. The molecule has 3 heterocycles. The molecule has 63 heavy (non-hydrogen) atoms. The Morgan fingerprint density at radius 2 is 1.06 bits per heavy atom. The zero-order valence-electron chi connectivity index (χ0n) is 34.0. The highest BCUT2D eigenvalue weighted by molar-refractivity contribution is 7.25. The first-order chi connectivity index (χ1) is 31.2. The van der Waals surface area contributed by atoms with Crippen LogP contribution in [0.2, 0.25) is 0 Å². The molecule has 1 aliphatic carbocycles. The quantitative estimate of drug-likeness (QED) is 0.176. The second-order valence-corrected chi connectivity index (χ2v) is 17.9. The van der Waals surface area contributed by atoms with Crippen LogP contribution in [0.1, 0.15) is 22.3 Å². The number of thiophene rings is 1. The maximum absolute atomic E-state index is 7.07. The van der Waals surface area contributed by atoms with E-state index in [0.29, 0.717) is 0 Å². The van der Waals surface area contributed by atoms with E-state index in [2.05, 4.69) is 228 Å². The third-order valence-corrected chi connectivity index (χ3v) is 14.8. The number of benzene rings is 10. The first kappa shape index (κ1) is 34.8. The van der Waals surface area contributed by atoms with Crippen LogP contribution in [0, 0.1) is 0 Å². The minimum atomic E-state index is -0.593. The van der Waals surface area contributed by atoms with Crippen molar-refractivity contribution in [3.05, 3.63) is 241 Å². The van der Waals surface area contributed by atoms with E-state index >= 15 is 0 Å². The average molecular weight is 821 g/mol. The van der Waals surface area contributed by atoms with Gasteiger partial charge in [-0.15, -0.1) is 11.3 Å². The number of hydrogen-bond donors (Lipinski definition) is 0. The predicted octanol–water partition coefficient (Wildman–Crippen LogP) is 16.2. The highest BCUT2D eigenvalue weighted by atomic mass is 32.1. The molecule has 0 amide bonds. The second-order valence-electron chi connectivity index (χ2n) is 16.8. The molecule has 0 N–H and O–H groups in total. The molecule has 14 rings (SSSR count). The summed E-state index contributed by atoms with van der Waals surface area (Å²) in [5, 5.41) is 7.56. The Kier molecular flexibility index (Phi) is 7.20. The molecule has 2 aliphatic rings. The van der Waals surface area contributed by atoms with Gasteiger partial charge in [0.1, 0.15) is 11.5 Å². The van der Waals surface area contributed by atoms with E-state index in [0.717, 1.165) is 45.4 Å². The van der Waals surface area contributed by atoms with Crippen LogP contribution in [-0.4, -0.2) is 4.57 Å². The van der Waals surface area contributed by atoms with Crippen LogP contribution >= 0.6 is 11.3 Å². The minimum Gasteiger partial charge on any atom is -0.457 e. The lowest BCUT2D eigenvalue weighted by atomic mass is 9.58. The lowest BCUT2D eigenvalue weighted by molar-refractivity contribution is 0.435. The summed E-state index contributed by atoms with van der Waals surface area (Å²) in [6, 6.07) is 80.1. The molecular weight excluding hydrogens is 785 g/mol. The van der Waals surface area contributed by atoms with Gasteiger partial charge in [-0.25, -0.2) is 0 Å². The van der Waals surface area contributed by atoms with E-state index in [9.17, 15) is 0 Å². The molecule has 1 unspecified atom stereocenters. The summed E-state index contributed by atoms with van der Waals surface area (Å²) in [6.45, 7) is 0. The number of rotatable bonds is 4. The van der Waals surface area contributed by atoms with Crippen molar-refractivity contribution in [3.8, 4) is 28.3 Å². The maximum atomic E-state index is 7.07. The van der Waals surface area contributed by atoms with E-state index in [1.54, 1.807) is 0 Å². The Morgan fingerprint density at radius 1 is 0.397 bits per heavy atom. The Hall–Kier alpha value is -7.92. The smallest absolute Gasteiger partial charge is 0.134 e. The molecule has 1 atom stereocenters. The van der Waals surface area contributed by atoms with Crippen molar-refractivity contribution in [2.24, 2.45) is 0 Å². The van der Waals surface area contributed by atoms with E-state index in [4.69, 9.17) is 4.74 Å². The van der Waals surface area contributed by atoms with Crippen molar-refractivity contribution in [1.29, 1.82) is 0 Å². The summed E-state index contributed by atoms with van der Waals surface area (Å²) >= 11 is 1.86. The molecule has 2 aromatic heterocycles. The fraction of sp³-hybridized carbons (Fsp3) is 0.0169. The van der Waals surface area contributed by atoms with Crippen molar-refractivity contribution in [2.75, 3.05) is 4.90 Å². The van der Waals surface area contributed by atoms with Gasteiger partial charge in [0.05, 0.1) is 16.4 Å². The SMILES string of the molecule is c1ccc(N(c2ccc3c(c2)Oc2ccccc2C32c3ccccc3-c3cccc4cccc2c34)c2ccc3c(c2)c2ccccc2n3-c2ccc3sc4ccccc4c3c2)cc1. The normalized spacial score (nSPS) is 14.9. The molecule has 3 nitrogen and oxygen atoms in total. The Labute approximate surface area is 367 Å². The Morgan fingerprint density at radius 3 is 1.98 bits per heavy atom. The third kappa shape index (κ3) is 4.79. The largest absolute Gasteiger partial charge is 0.457 e. The van der Waals surface area contributed by atoms with Crippen molar-refractivity contribution in [1.82, 2.24) is 4.57 Å². The zero-order valence-corrected chi connectivity index (χ0v) is 34.8. The van der Waals surface area contributed by atoms with Gasteiger partial charge < -0.3 is 14.2 Å². The molecular formula is C59H36N2OS. The first-order valence-electron chi connectivity index (χ1n) is 21.6. The lowest BCUT2D eigenvalue weighted by Gasteiger charge is -2.45. The van der Waals surface area contributed by atoms with Gasteiger partial charge in [-0.1, -0.05) is 140 Å². The van der Waals surface area contributed by atoms with Gasteiger partial charge in [0, 0.05) is 70.9 Å². The molecule has 0 saturated carbocycles. The summed E-state index contributed by atoms with van der Waals surface area (Å²) in [4.78, 5) is 2.37. The standard InChI is InChI=1S/C59H36N2OS/c1-2-16-38(17-3-1)60(39-29-32-53-46(34-39)43-19-5-9-25-52(43)61(53)40-30-33-57-47(35-40)44-20-6-11-27-56(44)63-57)41-28-31-50-55(36-41)62-54-26-10-8-23-49(54)59(50)48-22-7-4-18-42(48)45-21-12-14-37-15-13-24-51(59)58(37)45/h1-36H. The molecule has 12 aromatic rings. The number of fused-ring (bicyclic) bond motifs is 14. The van der Waals surface area contributed by atoms with E-state index in [1.165, 1.54) is 75.0 Å². The van der Waals surface area contributed by atoms with Gasteiger partial charge in [-0.05, 0) is 106 Å². The van der Waals surface area contributed by atoms with E-state index in [-0.39, 0.29) is 0 Å². The molecule has 294 valence electrons. The predicted molar refractivity (Wildman–Crippen MR) is 263 cm³/mol. The fourth-order valence-corrected chi connectivity index (χ4v) is 12.2. The number of nitrogens with zero attached hydrogens (tertiary/aromatic N) is 2. The summed E-state index contributed by atoms with van der Waals surface area (Å²) in [6.07, 6.45) is 0. The highest BCUT2D eigenvalue weighted by Gasteiger charge is 2.49. The monoisotopic (exact) mass is 820 g/mol. The third-order valence-electron chi connectivity index (χ3n) is 13.6. The topological polar surface area (TPSA) is 17.4 Å². The van der Waals surface area contributed by atoms with E-state index < -0.39 is 5.41 Å². The molecule has 0 saturated heterocycles. The van der Waals surface area contributed by atoms with Crippen molar-refractivity contribution in [2.45, 2.75) is 5.41 Å². The van der Waals surface area contributed by atoms with Crippen molar-refractivity contribution in [3.63, 3.8) is 0 Å². The van der Waals surface area contributed by atoms with Crippen molar-refractivity contribution >= 4 is 81.1 Å². The molecule has 0 bridgehead atoms. The Balaban J connectivity index is 0.983.